The van der Waals surface area contributed by atoms with Gasteiger partial charge in [0.25, 0.3) is 10.9 Å². The van der Waals surface area contributed by atoms with Gasteiger partial charge < -0.3 is 5.32 Å². The highest BCUT2D eigenvalue weighted by Crippen LogP contribution is 2.26. The molecule has 7 heteroatoms. The summed E-state index contributed by atoms with van der Waals surface area (Å²) in [7, 11) is 0. The van der Waals surface area contributed by atoms with E-state index in [1.54, 1.807) is 18.2 Å². The molecule has 5 nitrogen and oxygen atoms in total. The summed E-state index contributed by atoms with van der Waals surface area (Å²) in [4.78, 5) is 22.1. The molecule has 0 unspecified atom stereocenters. The van der Waals surface area contributed by atoms with Gasteiger partial charge in [0.2, 0.25) is 0 Å². The fourth-order valence-corrected chi connectivity index (χ4v) is 2.30. The molecule has 1 aromatic rings. The second kappa shape index (κ2) is 4.64. The highest BCUT2D eigenvalue weighted by molar-refractivity contribution is 8.19. The monoisotopic (exact) mass is 266 g/mol. The van der Waals surface area contributed by atoms with Crippen LogP contribution < -0.4 is 5.32 Å². The number of rotatable bonds is 2. The van der Waals surface area contributed by atoms with Crippen LogP contribution in [0.3, 0.4) is 0 Å². The molecule has 1 fully saturated rings. The van der Waals surface area contributed by atoms with Crippen molar-refractivity contribution < 1.29 is 9.72 Å². The van der Waals surface area contributed by atoms with Gasteiger partial charge in [0, 0.05) is 12.1 Å². The van der Waals surface area contributed by atoms with E-state index in [1.165, 1.54) is 12.1 Å². The summed E-state index contributed by atoms with van der Waals surface area (Å²) in [5.74, 6) is 0. The largest absolute Gasteiger partial charge is 0.307 e. The lowest BCUT2D eigenvalue weighted by molar-refractivity contribution is -0.384. The van der Waals surface area contributed by atoms with Gasteiger partial charge in [0.1, 0.15) is 4.99 Å². The summed E-state index contributed by atoms with van der Waals surface area (Å²) in [5, 5.41) is 12.8. The predicted molar refractivity (Wildman–Crippen MR) is 69.8 cm³/mol. The molecule has 0 aliphatic carbocycles. The number of carbonyl (C=O) groups is 1. The second-order valence-corrected chi connectivity index (χ2v) is 4.62. The van der Waals surface area contributed by atoms with Crippen molar-refractivity contribution in [3.8, 4) is 0 Å². The number of non-ortho nitro benzene ring substituents is 1. The first-order valence-corrected chi connectivity index (χ1v) is 5.78. The number of nitro groups is 1. The quantitative estimate of drug-likeness (QED) is 0.385. The number of nitrogens with one attached hydrogen (secondary N) is 1. The third kappa shape index (κ3) is 2.69. The maximum atomic E-state index is 11.0. The average Bonchev–Trinajstić information content (AvgIpc) is 2.58. The first-order valence-electron chi connectivity index (χ1n) is 4.55. The fraction of sp³-hybridized carbons (Fsp3) is 0. The number of carbonyl (C=O) groups excluding carboxylic acids is 1. The van der Waals surface area contributed by atoms with Crippen LogP contribution in [0, 0.1) is 10.1 Å². The van der Waals surface area contributed by atoms with Gasteiger partial charge in [-0.1, -0.05) is 12.2 Å². The molecule has 1 amide bonds. The molecule has 0 saturated carbocycles. The molecule has 1 saturated heterocycles. The molecule has 2 rings (SSSR count). The Balaban J connectivity index is 2.24. The summed E-state index contributed by atoms with van der Waals surface area (Å²) >= 11 is 5.97. The minimum absolute atomic E-state index is 0.0306. The van der Waals surface area contributed by atoms with Crippen LogP contribution in [-0.4, -0.2) is 15.2 Å². The third-order valence-electron chi connectivity index (χ3n) is 2.04. The molecule has 0 spiro atoms. The number of nitro benzene ring substituents is 1. The van der Waals surface area contributed by atoms with Crippen LogP contribution >= 0.6 is 24.0 Å². The van der Waals surface area contributed by atoms with E-state index in [0.717, 1.165) is 17.3 Å². The molecule has 0 radical (unpaired) electrons. The number of hydrogen-bond donors (Lipinski definition) is 1. The maximum absolute atomic E-state index is 11.0. The summed E-state index contributed by atoms with van der Waals surface area (Å²) in [6, 6.07) is 6.03. The van der Waals surface area contributed by atoms with Crippen molar-refractivity contribution in [1.29, 1.82) is 0 Å². The van der Waals surface area contributed by atoms with E-state index in [0.29, 0.717) is 9.89 Å². The van der Waals surface area contributed by atoms with Crippen LogP contribution in [0.1, 0.15) is 5.56 Å². The van der Waals surface area contributed by atoms with Crippen LogP contribution in [-0.2, 0) is 0 Å². The molecule has 1 N–H and O–H groups in total. The highest BCUT2D eigenvalue weighted by atomic mass is 32.2. The number of thiocarbonyl (C=S) groups is 1. The first kappa shape index (κ1) is 11.7. The second-order valence-electron chi connectivity index (χ2n) is 3.20. The number of nitrogens with zero attached hydrogens (tertiary/aromatic N) is 1. The molecule has 1 aliphatic heterocycles. The number of amides is 1. The fourth-order valence-electron chi connectivity index (χ4n) is 1.26. The smallest absolute Gasteiger partial charge is 0.289 e. The van der Waals surface area contributed by atoms with Gasteiger partial charge in [0.05, 0.1) is 9.83 Å². The van der Waals surface area contributed by atoms with Crippen LogP contribution in [0.2, 0.25) is 0 Å². The van der Waals surface area contributed by atoms with E-state index < -0.39 is 4.92 Å². The molecule has 1 aromatic carbocycles. The molecular weight excluding hydrogens is 260 g/mol. The number of hydrogen-bond acceptors (Lipinski definition) is 5. The summed E-state index contributed by atoms with van der Waals surface area (Å²) in [6.45, 7) is 0. The lowest BCUT2D eigenvalue weighted by Crippen LogP contribution is -2.15. The van der Waals surface area contributed by atoms with Gasteiger partial charge in [0.15, 0.2) is 0 Å². The Kier molecular flexibility index (Phi) is 3.21. The zero-order chi connectivity index (χ0) is 12.4. The van der Waals surface area contributed by atoms with Gasteiger partial charge in [-0.15, -0.1) is 0 Å². The van der Waals surface area contributed by atoms with Crippen molar-refractivity contribution in [3.05, 3.63) is 44.8 Å². The van der Waals surface area contributed by atoms with E-state index in [2.05, 4.69) is 5.32 Å². The lowest BCUT2D eigenvalue weighted by atomic mass is 10.2. The molecule has 17 heavy (non-hydrogen) atoms. The zero-order valence-corrected chi connectivity index (χ0v) is 10.0. The topological polar surface area (TPSA) is 72.2 Å². The summed E-state index contributed by atoms with van der Waals surface area (Å²) in [5.41, 5.74) is 0.792. The van der Waals surface area contributed by atoms with Crippen LogP contribution in [0.15, 0.2) is 29.2 Å². The van der Waals surface area contributed by atoms with Gasteiger partial charge in [-0.25, -0.2) is 0 Å². The van der Waals surface area contributed by atoms with Gasteiger partial charge in [-0.05, 0) is 35.5 Å². The van der Waals surface area contributed by atoms with Crippen molar-refractivity contribution in [3.63, 3.8) is 0 Å². The van der Waals surface area contributed by atoms with E-state index in [-0.39, 0.29) is 10.9 Å². The minimum atomic E-state index is -0.461. The van der Waals surface area contributed by atoms with Crippen LogP contribution in [0.4, 0.5) is 10.5 Å². The Morgan fingerprint density at radius 1 is 1.35 bits per heavy atom. The first-order chi connectivity index (χ1) is 8.06. The summed E-state index contributed by atoms with van der Waals surface area (Å²) < 4.78 is 0. The lowest BCUT2D eigenvalue weighted by Gasteiger charge is -1.96. The Morgan fingerprint density at radius 2 is 2.00 bits per heavy atom. The van der Waals surface area contributed by atoms with Crippen LogP contribution in [0.25, 0.3) is 6.08 Å². The highest BCUT2D eigenvalue weighted by Gasteiger charge is 2.21. The maximum Gasteiger partial charge on any atom is 0.289 e. The number of benzene rings is 1. The van der Waals surface area contributed by atoms with Crippen molar-refractivity contribution >= 4 is 46.0 Å². The molecule has 0 atom stereocenters. The Hall–Kier alpha value is -1.73. The molecule has 1 heterocycles. The SMILES string of the molecule is O=C1NC(=S)/C(=C/c2ccc([N+](=O)[O-])cc2)S1. The Bertz CT molecular complexity index is 537. The van der Waals surface area contributed by atoms with Crippen molar-refractivity contribution in [2.75, 3.05) is 0 Å². The van der Waals surface area contributed by atoms with E-state index in [4.69, 9.17) is 12.2 Å². The van der Waals surface area contributed by atoms with E-state index in [1.807, 2.05) is 0 Å². The molecule has 1 aliphatic rings. The minimum Gasteiger partial charge on any atom is -0.307 e. The summed E-state index contributed by atoms with van der Waals surface area (Å²) in [6.07, 6.45) is 1.72. The Morgan fingerprint density at radius 3 is 2.47 bits per heavy atom. The van der Waals surface area contributed by atoms with Gasteiger partial charge in [-0.2, -0.15) is 0 Å². The van der Waals surface area contributed by atoms with Gasteiger partial charge in [-0.3, -0.25) is 14.9 Å². The standard InChI is InChI=1S/C10H6N2O3S2/c13-10-11-9(16)8(17-10)5-6-1-3-7(4-2-6)12(14)15/h1-5H,(H,11,13,16)/b8-5-. The molecule has 0 bridgehead atoms. The Labute approximate surface area is 106 Å². The molecular formula is C10H6N2O3S2. The normalized spacial score (nSPS) is 17.3. The zero-order valence-electron chi connectivity index (χ0n) is 8.38. The van der Waals surface area contributed by atoms with Gasteiger partial charge >= 0.3 is 0 Å². The predicted octanol–water partition coefficient (Wildman–Crippen LogP) is 2.72. The van der Waals surface area contributed by atoms with Crippen LogP contribution in [0.5, 0.6) is 0 Å². The van der Waals surface area contributed by atoms with Crippen molar-refractivity contribution in [1.82, 2.24) is 5.32 Å². The van der Waals surface area contributed by atoms with E-state index >= 15 is 0 Å². The van der Waals surface area contributed by atoms with E-state index in [9.17, 15) is 14.9 Å². The number of thioether (sulfide) groups is 1. The van der Waals surface area contributed by atoms with Crippen molar-refractivity contribution in [2.45, 2.75) is 0 Å². The molecule has 0 aromatic heterocycles. The average molecular weight is 266 g/mol. The molecule has 86 valence electrons. The van der Waals surface area contributed by atoms with Crippen molar-refractivity contribution in [2.24, 2.45) is 0 Å². The third-order valence-corrected chi connectivity index (χ3v) is 3.32.